The Morgan fingerprint density at radius 1 is 1.20 bits per heavy atom. The topological polar surface area (TPSA) is 131 Å². The van der Waals surface area contributed by atoms with E-state index in [1.807, 2.05) is 0 Å². The number of nitrogens with zero attached hydrogens (tertiary/aromatic N) is 3. The highest BCUT2D eigenvalue weighted by molar-refractivity contribution is 5.64. The van der Waals surface area contributed by atoms with Crippen molar-refractivity contribution in [1.29, 1.82) is 0 Å². The van der Waals surface area contributed by atoms with Crippen LogP contribution in [0.25, 0.3) is 11.4 Å². The molecule has 158 valence electrons. The monoisotopic (exact) mass is 424 g/mol. The van der Waals surface area contributed by atoms with Gasteiger partial charge in [-0.2, -0.15) is 18.2 Å². The Morgan fingerprint density at radius 3 is 2.50 bits per heavy atom. The number of nitrogens with one attached hydrogen (secondary N) is 1. The molecule has 0 fully saturated rings. The summed E-state index contributed by atoms with van der Waals surface area (Å²) in [7, 11) is 0. The molecular weight excluding hydrogens is 409 g/mol. The van der Waals surface area contributed by atoms with E-state index in [0.29, 0.717) is 17.5 Å². The van der Waals surface area contributed by atoms with E-state index in [4.69, 9.17) is 14.4 Å². The maximum Gasteiger partial charge on any atom is 0.417 e. The zero-order valence-electron chi connectivity index (χ0n) is 15.1. The van der Waals surface area contributed by atoms with Gasteiger partial charge in [-0.3, -0.25) is 0 Å². The molecule has 0 bridgehead atoms. The summed E-state index contributed by atoms with van der Waals surface area (Å²) in [4.78, 5) is 18.4. The van der Waals surface area contributed by atoms with Crippen LogP contribution in [0.3, 0.4) is 0 Å². The van der Waals surface area contributed by atoms with Crippen LogP contribution in [0.5, 0.6) is 11.6 Å². The fourth-order valence-corrected chi connectivity index (χ4v) is 2.40. The molecule has 0 radical (unpaired) electrons. The van der Waals surface area contributed by atoms with Gasteiger partial charge < -0.3 is 24.8 Å². The van der Waals surface area contributed by atoms with Crippen molar-refractivity contribution in [3.05, 3.63) is 54.0 Å². The third-order valence-electron chi connectivity index (χ3n) is 3.84. The van der Waals surface area contributed by atoms with E-state index < -0.39 is 30.5 Å². The van der Waals surface area contributed by atoms with E-state index in [1.54, 1.807) is 24.3 Å². The van der Waals surface area contributed by atoms with Crippen LogP contribution in [-0.2, 0) is 12.6 Å². The summed E-state index contributed by atoms with van der Waals surface area (Å²) < 4.78 is 48.1. The number of aromatic nitrogens is 3. The van der Waals surface area contributed by atoms with Crippen LogP contribution >= 0.6 is 0 Å². The van der Waals surface area contributed by atoms with Crippen molar-refractivity contribution in [2.75, 3.05) is 6.61 Å². The van der Waals surface area contributed by atoms with Gasteiger partial charge in [-0.05, 0) is 30.3 Å². The third-order valence-corrected chi connectivity index (χ3v) is 3.84. The van der Waals surface area contributed by atoms with Gasteiger partial charge in [-0.1, -0.05) is 5.16 Å². The van der Waals surface area contributed by atoms with E-state index >= 15 is 0 Å². The molecular formula is C18H15F3N4O5. The molecule has 1 aromatic carbocycles. The molecule has 0 aliphatic heterocycles. The van der Waals surface area contributed by atoms with Gasteiger partial charge in [0, 0.05) is 24.2 Å². The maximum atomic E-state index is 12.6. The molecule has 0 unspecified atom stereocenters. The van der Waals surface area contributed by atoms with E-state index in [2.05, 4.69) is 20.4 Å². The second kappa shape index (κ2) is 8.78. The van der Waals surface area contributed by atoms with E-state index in [1.165, 1.54) is 0 Å². The summed E-state index contributed by atoms with van der Waals surface area (Å²) in [6.07, 6.45) is -5.07. The van der Waals surface area contributed by atoms with Crippen LogP contribution in [0, 0.1) is 0 Å². The minimum Gasteiger partial charge on any atom is -0.465 e. The fourth-order valence-electron chi connectivity index (χ4n) is 2.40. The summed E-state index contributed by atoms with van der Waals surface area (Å²) >= 11 is 0. The van der Waals surface area contributed by atoms with Gasteiger partial charge in [0.25, 0.3) is 0 Å². The van der Waals surface area contributed by atoms with Crippen molar-refractivity contribution in [2.24, 2.45) is 0 Å². The smallest absolute Gasteiger partial charge is 0.417 e. The minimum absolute atomic E-state index is 0.00132. The molecule has 2 aromatic heterocycles. The lowest BCUT2D eigenvalue weighted by Crippen LogP contribution is -2.38. The summed E-state index contributed by atoms with van der Waals surface area (Å²) in [6, 6.07) is 7.50. The quantitative estimate of drug-likeness (QED) is 0.527. The Hall–Kier alpha value is -3.67. The number of pyridine rings is 1. The van der Waals surface area contributed by atoms with Crippen molar-refractivity contribution in [1.82, 2.24) is 20.4 Å². The molecule has 9 nitrogen and oxygen atoms in total. The number of ether oxygens (including phenoxy) is 1. The Balaban J connectivity index is 1.64. The van der Waals surface area contributed by atoms with Gasteiger partial charge >= 0.3 is 12.3 Å². The molecule has 3 rings (SSSR count). The molecule has 1 amide bonds. The first-order valence-corrected chi connectivity index (χ1v) is 8.49. The van der Waals surface area contributed by atoms with Crippen molar-refractivity contribution in [2.45, 2.75) is 18.6 Å². The van der Waals surface area contributed by atoms with Crippen LogP contribution in [0.1, 0.15) is 11.5 Å². The zero-order valence-corrected chi connectivity index (χ0v) is 15.1. The number of carboxylic acid groups (broad SMARTS) is 1. The molecule has 3 N–H and O–H groups in total. The molecule has 0 saturated heterocycles. The van der Waals surface area contributed by atoms with Crippen LogP contribution < -0.4 is 10.1 Å². The number of halogens is 3. The average molecular weight is 424 g/mol. The largest absolute Gasteiger partial charge is 0.465 e. The van der Waals surface area contributed by atoms with Crippen molar-refractivity contribution >= 4 is 6.09 Å². The number of carbonyl (C=O) groups is 1. The predicted molar refractivity (Wildman–Crippen MR) is 94.8 cm³/mol. The minimum atomic E-state index is -4.47. The summed E-state index contributed by atoms with van der Waals surface area (Å²) in [6.45, 7) is -0.436. The first-order valence-electron chi connectivity index (χ1n) is 8.49. The summed E-state index contributed by atoms with van der Waals surface area (Å²) in [5.74, 6) is 0.697. The summed E-state index contributed by atoms with van der Waals surface area (Å²) in [5.41, 5.74) is -0.315. The Bertz CT molecular complexity index is 990. The molecule has 0 aliphatic carbocycles. The van der Waals surface area contributed by atoms with Crippen LogP contribution in [0.4, 0.5) is 18.0 Å². The predicted octanol–water partition coefficient (Wildman–Crippen LogP) is 3.11. The van der Waals surface area contributed by atoms with Crippen LogP contribution in [-0.4, -0.2) is 44.1 Å². The number of hydrogen-bond donors (Lipinski definition) is 3. The highest BCUT2D eigenvalue weighted by Gasteiger charge is 2.30. The highest BCUT2D eigenvalue weighted by Crippen LogP contribution is 2.30. The lowest BCUT2D eigenvalue weighted by atomic mass is 10.2. The number of rotatable bonds is 7. The Labute approximate surface area is 167 Å². The summed E-state index contributed by atoms with van der Waals surface area (Å²) in [5, 5.41) is 23.8. The normalized spacial score (nSPS) is 12.4. The number of hydrogen-bond acceptors (Lipinski definition) is 7. The van der Waals surface area contributed by atoms with E-state index in [-0.39, 0.29) is 24.0 Å². The van der Waals surface area contributed by atoms with Gasteiger partial charge in [0.05, 0.1) is 18.2 Å². The van der Waals surface area contributed by atoms with Crippen molar-refractivity contribution in [3.8, 4) is 23.0 Å². The van der Waals surface area contributed by atoms with Gasteiger partial charge in [-0.15, -0.1) is 0 Å². The molecule has 0 spiro atoms. The lowest BCUT2D eigenvalue weighted by molar-refractivity contribution is -0.137. The van der Waals surface area contributed by atoms with Gasteiger partial charge in [-0.25, -0.2) is 9.78 Å². The number of aliphatic hydroxyl groups excluding tert-OH is 1. The number of amides is 1. The van der Waals surface area contributed by atoms with E-state index in [9.17, 15) is 23.1 Å². The Kier molecular flexibility index (Phi) is 6.16. The second-order valence-electron chi connectivity index (χ2n) is 6.05. The average Bonchev–Trinajstić information content (AvgIpc) is 3.16. The number of aliphatic hydroxyl groups is 1. The molecule has 2 heterocycles. The van der Waals surface area contributed by atoms with Gasteiger partial charge in [0.1, 0.15) is 5.75 Å². The fraction of sp³-hybridized carbons (Fsp3) is 0.222. The molecule has 1 atom stereocenters. The SMILES string of the molecule is O=C(O)N[C@H](CO)Cc1nc(-c2ccc(Oc3ccc(C(F)(F)F)cn3)cc2)no1. The van der Waals surface area contributed by atoms with Gasteiger partial charge in [0.15, 0.2) is 0 Å². The van der Waals surface area contributed by atoms with Crippen molar-refractivity contribution < 1.29 is 37.4 Å². The van der Waals surface area contributed by atoms with E-state index in [0.717, 1.165) is 12.1 Å². The zero-order chi connectivity index (χ0) is 21.7. The lowest BCUT2D eigenvalue weighted by Gasteiger charge is -2.10. The number of benzene rings is 1. The van der Waals surface area contributed by atoms with Gasteiger partial charge in [0.2, 0.25) is 17.6 Å². The second-order valence-corrected chi connectivity index (χ2v) is 6.05. The maximum absolute atomic E-state index is 12.6. The molecule has 0 saturated carbocycles. The van der Waals surface area contributed by atoms with Crippen LogP contribution in [0.2, 0.25) is 0 Å². The first-order chi connectivity index (χ1) is 14.2. The van der Waals surface area contributed by atoms with Crippen molar-refractivity contribution in [3.63, 3.8) is 0 Å². The van der Waals surface area contributed by atoms with Crippen LogP contribution in [0.15, 0.2) is 47.1 Å². The highest BCUT2D eigenvalue weighted by atomic mass is 19.4. The standard InChI is InChI=1S/C18H15F3N4O5/c19-18(20,21)11-3-6-14(22-8-11)29-13-4-1-10(2-5-13)16-24-15(30-25-16)7-12(9-26)23-17(27)28/h1-6,8,12,23,26H,7,9H2,(H,27,28)/t12-/m0/s1. The molecule has 30 heavy (non-hydrogen) atoms. The molecule has 3 aromatic rings. The Morgan fingerprint density at radius 2 is 1.93 bits per heavy atom. The first kappa shape index (κ1) is 21.0. The third kappa shape index (κ3) is 5.44. The molecule has 12 heteroatoms. The number of alkyl halides is 3. The molecule has 0 aliphatic rings.